The van der Waals surface area contributed by atoms with E-state index in [1.54, 1.807) is 6.07 Å². The summed E-state index contributed by atoms with van der Waals surface area (Å²) >= 11 is 0. The maximum atomic E-state index is 12.0. The van der Waals surface area contributed by atoms with E-state index < -0.39 is 0 Å². The second-order valence-corrected chi connectivity index (χ2v) is 5.96. The largest absolute Gasteiger partial charge is 0.324 e. The number of anilines is 3. The van der Waals surface area contributed by atoms with Crippen molar-refractivity contribution < 1.29 is 4.79 Å². The molecule has 2 aromatic carbocycles. The quantitative estimate of drug-likeness (QED) is 0.723. The smallest absolute Gasteiger partial charge is 0.229 e. The average molecular weight is 332 g/mol. The summed E-state index contributed by atoms with van der Waals surface area (Å²) in [6, 6.07) is 21.3. The van der Waals surface area contributed by atoms with Crippen LogP contribution in [0.5, 0.6) is 0 Å². The van der Waals surface area contributed by atoms with E-state index in [9.17, 15) is 4.79 Å². The van der Waals surface area contributed by atoms with Crippen molar-refractivity contribution in [1.29, 1.82) is 0 Å². The highest BCUT2D eigenvalue weighted by Gasteiger charge is 2.12. The van der Waals surface area contributed by atoms with Gasteiger partial charge in [-0.05, 0) is 12.1 Å². The van der Waals surface area contributed by atoms with E-state index in [1.807, 2.05) is 74.5 Å². The minimum atomic E-state index is -0.124. The lowest BCUT2D eigenvalue weighted by Gasteiger charge is -2.12. The first-order chi connectivity index (χ1) is 12.1. The predicted octanol–water partition coefficient (Wildman–Crippen LogP) is 4.48. The number of rotatable bonds is 5. The second kappa shape index (κ2) is 7.57. The van der Waals surface area contributed by atoms with E-state index in [-0.39, 0.29) is 11.8 Å². The zero-order valence-electron chi connectivity index (χ0n) is 14.2. The van der Waals surface area contributed by atoms with Gasteiger partial charge in [0.2, 0.25) is 11.9 Å². The maximum Gasteiger partial charge on any atom is 0.229 e. The predicted molar refractivity (Wildman–Crippen MR) is 101 cm³/mol. The van der Waals surface area contributed by atoms with Crippen LogP contribution in [-0.4, -0.2) is 15.9 Å². The molecular formula is C20H20N4O. The van der Waals surface area contributed by atoms with Crippen LogP contribution < -0.4 is 10.6 Å². The molecule has 0 bridgehead atoms. The molecule has 1 aromatic heterocycles. The molecule has 0 saturated heterocycles. The molecule has 0 aliphatic carbocycles. The number of carbonyl (C=O) groups excluding carboxylic acids is 1. The van der Waals surface area contributed by atoms with Crippen LogP contribution in [0.15, 0.2) is 66.7 Å². The standard InChI is InChI=1S/C20H20N4O/c1-14(2)19(25)23-18-13-17(15-9-5-3-6-10-15)22-20(24-18)21-16-11-7-4-8-12-16/h3-14H,1-2H3,(H2,21,22,23,24,25). The van der Waals surface area contributed by atoms with E-state index >= 15 is 0 Å². The highest BCUT2D eigenvalue weighted by atomic mass is 16.1. The van der Waals surface area contributed by atoms with Gasteiger partial charge in [-0.25, -0.2) is 4.98 Å². The van der Waals surface area contributed by atoms with Gasteiger partial charge in [0, 0.05) is 23.2 Å². The molecule has 2 N–H and O–H groups in total. The highest BCUT2D eigenvalue weighted by Crippen LogP contribution is 2.23. The van der Waals surface area contributed by atoms with Crippen molar-refractivity contribution in [3.05, 3.63) is 66.7 Å². The van der Waals surface area contributed by atoms with Crippen LogP contribution in [0.25, 0.3) is 11.3 Å². The van der Waals surface area contributed by atoms with Gasteiger partial charge in [-0.1, -0.05) is 62.4 Å². The fraction of sp³-hybridized carbons (Fsp3) is 0.150. The van der Waals surface area contributed by atoms with Crippen LogP contribution in [0.4, 0.5) is 17.5 Å². The van der Waals surface area contributed by atoms with Crippen LogP contribution in [0.1, 0.15) is 13.8 Å². The minimum absolute atomic E-state index is 0.0802. The van der Waals surface area contributed by atoms with E-state index in [4.69, 9.17) is 0 Å². The van der Waals surface area contributed by atoms with Crippen LogP contribution in [0.2, 0.25) is 0 Å². The monoisotopic (exact) mass is 332 g/mol. The number of para-hydroxylation sites is 1. The number of nitrogens with zero attached hydrogens (tertiary/aromatic N) is 2. The number of nitrogens with one attached hydrogen (secondary N) is 2. The number of benzene rings is 2. The molecule has 3 aromatic rings. The third-order valence-corrected chi connectivity index (χ3v) is 3.60. The van der Waals surface area contributed by atoms with Crippen molar-refractivity contribution in [1.82, 2.24) is 9.97 Å². The first kappa shape index (κ1) is 16.6. The molecule has 1 amide bonds. The van der Waals surface area contributed by atoms with Crippen molar-refractivity contribution >= 4 is 23.4 Å². The van der Waals surface area contributed by atoms with Gasteiger partial charge in [-0.2, -0.15) is 4.98 Å². The summed E-state index contributed by atoms with van der Waals surface area (Å²) in [5.74, 6) is 0.710. The fourth-order valence-corrected chi connectivity index (χ4v) is 2.25. The van der Waals surface area contributed by atoms with Gasteiger partial charge in [0.05, 0.1) is 5.69 Å². The molecule has 0 spiro atoms. The summed E-state index contributed by atoms with van der Waals surface area (Å²) in [7, 11) is 0. The second-order valence-electron chi connectivity index (χ2n) is 5.96. The SMILES string of the molecule is CC(C)C(=O)Nc1cc(-c2ccccc2)nc(Nc2ccccc2)n1. The van der Waals surface area contributed by atoms with Crippen LogP contribution in [0, 0.1) is 5.92 Å². The van der Waals surface area contributed by atoms with E-state index in [0.717, 1.165) is 16.9 Å². The molecule has 0 aliphatic rings. The van der Waals surface area contributed by atoms with Crippen molar-refractivity contribution in [3.8, 4) is 11.3 Å². The molecule has 1 heterocycles. The lowest BCUT2D eigenvalue weighted by Crippen LogP contribution is -2.19. The zero-order chi connectivity index (χ0) is 17.6. The summed E-state index contributed by atoms with van der Waals surface area (Å²) in [6.07, 6.45) is 0. The molecule has 0 unspecified atom stereocenters. The van der Waals surface area contributed by atoms with Crippen molar-refractivity contribution in [2.45, 2.75) is 13.8 Å². The Hall–Kier alpha value is -3.21. The molecule has 126 valence electrons. The molecule has 0 radical (unpaired) electrons. The van der Waals surface area contributed by atoms with Crippen molar-refractivity contribution in [2.75, 3.05) is 10.6 Å². The Morgan fingerprint density at radius 1 is 0.920 bits per heavy atom. The molecule has 5 nitrogen and oxygen atoms in total. The lowest BCUT2D eigenvalue weighted by molar-refractivity contribution is -0.118. The third-order valence-electron chi connectivity index (χ3n) is 3.60. The molecule has 0 fully saturated rings. The van der Waals surface area contributed by atoms with Gasteiger partial charge in [-0.15, -0.1) is 0 Å². The van der Waals surface area contributed by atoms with Crippen LogP contribution >= 0.6 is 0 Å². The number of hydrogen-bond donors (Lipinski definition) is 2. The summed E-state index contributed by atoms with van der Waals surface area (Å²) in [6.45, 7) is 3.69. The molecule has 25 heavy (non-hydrogen) atoms. The summed E-state index contributed by atoms with van der Waals surface area (Å²) in [5, 5.41) is 6.03. The molecule has 3 rings (SSSR count). The van der Waals surface area contributed by atoms with Gasteiger partial charge in [0.15, 0.2) is 0 Å². The Morgan fingerprint density at radius 2 is 1.56 bits per heavy atom. The topological polar surface area (TPSA) is 66.9 Å². The van der Waals surface area contributed by atoms with Gasteiger partial charge in [0.25, 0.3) is 0 Å². The van der Waals surface area contributed by atoms with Crippen LogP contribution in [-0.2, 0) is 4.79 Å². The van der Waals surface area contributed by atoms with E-state index in [1.165, 1.54) is 0 Å². The lowest BCUT2D eigenvalue weighted by atomic mass is 10.1. The Kier molecular flexibility index (Phi) is 5.04. The van der Waals surface area contributed by atoms with Crippen molar-refractivity contribution in [2.24, 2.45) is 5.92 Å². The van der Waals surface area contributed by atoms with E-state index in [2.05, 4.69) is 20.6 Å². The molecule has 0 saturated carbocycles. The third kappa shape index (κ3) is 4.41. The first-order valence-corrected chi connectivity index (χ1v) is 8.19. The zero-order valence-corrected chi connectivity index (χ0v) is 14.2. The molecule has 0 atom stereocenters. The summed E-state index contributed by atoms with van der Waals surface area (Å²) in [5.41, 5.74) is 2.59. The summed E-state index contributed by atoms with van der Waals surface area (Å²) in [4.78, 5) is 21.0. The molecular weight excluding hydrogens is 312 g/mol. The minimum Gasteiger partial charge on any atom is -0.324 e. The normalized spacial score (nSPS) is 10.5. The van der Waals surface area contributed by atoms with Gasteiger partial charge < -0.3 is 10.6 Å². The number of amides is 1. The summed E-state index contributed by atoms with van der Waals surface area (Å²) < 4.78 is 0. The van der Waals surface area contributed by atoms with Gasteiger partial charge in [0.1, 0.15) is 5.82 Å². The van der Waals surface area contributed by atoms with Gasteiger partial charge >= 0.3 is 0 Å². The number of aromatic nitrogens is 2. The Labute approximate surface area is 147 Å². The van der Waals surface area contributed by atoms with Crippen LogP contribution in [0.3, 0.4) is 0 Å². The number of hydrogen-bond acceptors (Lipinski definition) is 4. The van der Waals surface area contributed by atoms with E-state index in [0.29, 0.717) is 11.8 Å². The first-order valence-electron chi connectivity index (χ1n) is 8.19. The fourth-order valence-electron chi connectivity index (χ4n) is 2.25. The Morgan fingerprint density at radius 3 is 2.20 bits per heavy atom. The van der Waals surface area contributed by atoms with Crippen molar-refractivity contribution in [3.63, 3.8) is 0 Å². The average Bonchev–Trinajstić information content (AvgIpc) is 2.63. The van der Waals surface area contributed by atoms with Gasteiger partial charge in [-0.3, -0.25) is 4.79 Å². The highest BCUT2D eigenvalue weighted by molar-refractivity contribution is 5.91. The molecule has 0 aliphatic heterocycles. The molecule has 5 heteroatoms. The Bertz CT molecular complexity index is 848. The number of carbonyl (C=O) groups is 1. The maximum absolute atomic E-state index is 12.0. The Balaban J connectivity index is 1.97.